The Hall–Kier alpha value is -3.09. The summed E-state index contributed by atoms with van der Waals surface area (Å²) in [5, 5.41) is 5.32. The summed E-state index contributed by atoms with van der Waals surface area (Å²) in [4.78, 5) is 19.5. The topological polar surface area (TPSA) is 103 Å². The Balaban J connectivity index is 2.17. The summed E-state index contributed by atoms with van der Waals surface area (Å²) in [6.45, 7) is 7.52. The minimum Gasteiger partial charge on any atom is -0.361 e. The van der Waals surface area contributed by atoms with Crippen LogP contribution in [0.5, 0.6) is 0 Å². The summed E-state index contributed by atoms with van der Waals surface area (Å²) < 4.78 is 6.75. The first-order valence-corrected chi connectivity index (χ1v) is 7.62. The number of H-pyrrole nitrogens is 1. The van der Waals surface area contributed by atoms with Gasteiger partial charge in [0.25, 0.3) is 5.56 Å². The van der Waals surface area contributed by atoms with Gasteiger partial charge in [-0.2, -0.15) is 0 Å². The van der Waals surface area contributed by atoms with E-state index in [4.69, 9.17) is 10.4 Å². The molecule has 0 spiro atoms. The second-order valence-electron chi connectivity index (χ2n) is 6.10. The maximum Gasteiger partial charge on any atom is 0.261 e. The lowest BCUT2D eigenvalue weighted by molar-refractivity contribution is 0.393. The lowest BCUT2D eigenvalue weighted by Gasteiger charge is -2.07. The van der Waals surface area contributed by atoms with Crippen molar-refractivity contribution in [3.8, 4) is 11.1 Å². The third-order valence-electron chi connectivity index (χ3n) is 4.42. The number of hydrogen-bond donors (Lipinski definition) is 2. The van der Waals surface area contributed by atoms with Gasteiger partial charge in [0.15, 0.2) is 5.65 Å². The molecule has 0 aliphatic heterocycles. The van der Waals surface area contributed by atoms with Gasteiger partial charge in [-0.15, -0.1) is 0 Å². The lowest BCUT2D eigenvalue weighted by Crippen LogP contribution is -2.13. The molecule has 0 aliphatic carbocycles. The molecule has 0 saturated heterocycles. The molecule has 24 heavy (non-hydrogen) atoms. The zero-order valence-electron chi connectivity index (χ0n) is 13.9. The van der Waals surface area contributed by atoms with Gasteiger partial charge in [-0.1, -0.05) is 5.16 Å². The van der Waals surface area contributed by atoms with Crippen molar-refractivity contribution in [1.29, 1.82) is 0 Å². The fourth-order valence-electron chi connectivity index (χ4n) is 3.34. The van der Waals surface area contributed by atoms with Crippen molar-refractivity contribution in [2.45, 2.75) is 27.7 Å². The van der Waals surface area contributed by atoms with E-state index in [2.05, 4.69) is 15.1 Å². The van der Waals surface area contributed by atoms with Crippen molar-refractivity contribution in [3.05, 3.63) is 45.3 Å². The summed E-state index contributed by atoms with van der Waals surface area (Å²) in [5.41, 5.74) is 4.82. The van der Waals surface area contributed by atoms with Crippen molar-refractivity contribution in [2.75, 3.05) is 5.84 Å². The third-order valence-corrected chi connectivity index (χ3v) is 4.42. The van der Waals surface area contributed by atoms with Crippen LogP contribution in [-0.4, -0.2) is 19.8 Å². The molecule has 3 aromatic heterocycles. The van der Waals surface area contributed by atoms with Crippen LogP contribution in [0.1, 0.15) is 22.8 Å². The van der Waals surface area contributed by atoms with E-state index in [0.717, 1.165) is 39.0 Å². The second kappa shape index (κ2) is 4.70. The Labute approximate surface area is 137 Å². The number of nitrogens with zero attached hydrogens (tertiary/aromatic N) is 3. The van der Waals surface area contributed by atoms with Crippen LogP contribution in [0.15, 0.2) is 21.5 Å². The highest BCUT2D eigenvalue weighted by Crippen LogP contribution is 2.34. The Bertz CT molecular complexity index is 1160. The zero-order valence-corrected chi connectivity index (χ0v) is 13.9. The number of aromatic nitrogens is 4. The van der Waals surface area contributed by atoms with E-state index in [0.29, 0.717) is 16.9 Å². The van der Waals surface area contributed by atoms with Crippen LogP contribution in [0.4, 0.5) is 0 Å². The molecular weight excluding hydrogens is 306 g/mol. The minimum atomic E-state index is -0.184. The first-order valence-electron chi connectivity index (χ1n) is 7.62. The van der Waals surface area contributed by atoms with Gasteiger partial charge in [-0.25, -0.2) is 9.66 Å². The Morgan fingerprint density at radius 1 is 1.21 bits per heavy atom. The normalized spacial score (nSPS) is 11.7. The second-order valence-corrected chi connectivity index (χ2v) is 6.10. The van der Waals surface area contributed by atoms with E-state index in [1.165, 1.54) is 4.68 Å². The highest BCUT2D eigenvalue weighted by atomic mass is 16.5. The van der Waals surface area contributed by atoms with Gasteiger partial charge < -0.3 is 15.3 Å². The molecule has 122 valence electrons. The first-order chi connectivity index (χ1) is 11.4. The summed E-state index contributed by atoms with van der Waals surface area (Å²) in [7, 11) is 0. The van der Waals surface area contributed by atoms with Crippen LogP contribution >= 0.6 is 0 Å². The number of aryl methyl sites for hydroxylation is 4. The molecule has 3 N–H and O–H groups in total. The van der Waals surface area contributed by atoms with Gasteiger partial charge in [-0.3, -0.25) is 4.79 Å². The largest absolute Gasteiger partial charge is 0.361 e. The molecule has 0 amide bonds. The highest BCUT2D eigenvalue weighted by Gasteiger charge is 2.19. The fourth-order valence-corrected chi connectivity index (χ4v) is 3.34. The molecule has 7 heteroatoms. The van der Waals surface area contributed by atoms with E-state index >= 15 is 0 Å². The van der Waals surface area contributed by atoms with Crippen LogP contribution in [0, 0.1) is 27.7 Å². The molecule has 0 saturated carbocycles. The van der Waals surface area contributed by atoms with E-state index in [1.54, 1.807) is 6.92 Å². The molecule has 0 aliphatic rings. The van der Waals surface area contributed by atoms with Gasteiger partial charge in [0.1, 0.15) is 11.6 Å². The van der Waals surface area contributed by atoms with Crippen molar-refractivity contribution >= 4 is 21.9 Å². The molecule has 0 fully saturated rings. The predicted octanol–water partition coefficient (Wildman–Crippen LogP) is 2.48. The molecule has 4 rings (SSSR count). The average Bonchev–Trinajstić information content (AvgIpc) is 2.97. The van der Waals surface area contributed by atoms with Gasteiger partial charge in [0, 0.05) is 10.9 Å². The number of hydrogen-bond acceptors (Lipinski definition) is 5. The number of nitrogens with one attached hydrogen (secondary N) is 1. The average molecular weight is 323 g/mol. The molecule has 4 aromatic rings. The first kappa shape index (κ1) is 14.5. The van der Waals surface area contributed by atoms with Crippen molar-refractivity contribution < 1.29 is 4.52 Å². The Morgan fingerprint density at radius 3 is 2.62 bits per heavy atom. The van der Waals surface area contributed by atoms with Crippen LogP contribution in [-0.2, 0) is 0 Å². The van der Waals surface area contributed by atoms with Crippen molar-refractivity contribution in [2.24, 2.45) is 0 Å². The monoisotopic (exact) mass is 323 g/mol. The number of benzene rings is 1. The number of aromatic amines is 1. The number of rotatable bonds is 1. The van der Waals surface area contributed by atoms with Crippen LogP contribution in [0.2, 0.25) is 0 Å². The molecule has 0 bridgehead atoms. The van der Waals surface area contributed by atoms with Crippen molar-refractivity contribution in [1.82, 2.24) is 19.8 Å². The zero-order chi connectivity index (χ0) is 17.2. The molecule has 3 heterocycles. The molecular formula is C17H17N5O2. The number of nitrogens with two attached hydrogens (primary N) is 1. The summed E-state index contributed by atoms with van der Waals surface area (Å²) in [5.74, 6) is 7.51. The van der Waals surface area contributed by atoms with Gasteiger partial charge in [0.2, 0.25) is 0 Å². The fraction of sp³-hybridized carbons (Fsp3) is 0.235. The van der Waals surface area contributed by atoms with Gasteiger partial charge in [-0.05, 0) is 51.0 Å². The van der Waals surface area contributed by atoms with E-state index < -0.39 is 0 Å². The van der Waals surface area contributed by atoms with Crippen LogP contribution in [0.3, 0.4) is 0 Å². The van der Waals surface area contributed by atoms with Crippen molar-refractivity contribution in [3.63, 3.8) is 0 Å². The standard InChI is InChI=1S/C17H17N5O2/c1-7-5-12-13(6-11(7)14-8(2)21-24-9(14)3)22(18)16-15(12)17(23)20-10(4)19-16/h5-6H,18H2,1-4H3,(H,19,20,23). The number of nitrogen functional groups attached to an aromatic ring is 1. The maximum atomic E-state index is 12.4. The Morgan fingerprint density at radius 2 is 1.96 bits per heavy atom. The highest BCUT2D eigenvalue weighted by molar-refractivity contribution is 6.08. The van der Waals surface area contributed by atoms with Gasteiger partial charge in [0.05, 0.1) is 16.6 Å². The lowest BCUT2D eigenvalue weighted by atomic mass is 9.97. The van der Waals surface area contributed by atoms with Gasteiger partial charge >= 0.3 is 0 Å². The summed E-state index contributed by atoms with van der Waals surface area (Å²) in [6, 6.07) is 3.93. The van der Waals surface area contributed by atoms with Crippen LogP contribution < -0.4 is 11.4 Å². The van der Waals surface area contributed by atoms with Crippen LogP contribution in [0.25, 0.3) is 33.1 Å². The predicted molar refractivity (Wildman–Crippen MR) is 92.5 cm³/mol. The van der Waals surface area contributed by atoms with E-state index in [9.17, 15) is 4.79 Å². The molecule has 0 radical (unpaired) electrons. The minimum absolute atomic E-state index is 0.184. The molecule has 7 nitrogen and oxygen atoms in total. The third kappa shape index (κ3) is 1.81. The summed E-state index contributed by atoms with van der Waals surface area (Å²) in [6.07, 6.45) is 0. The van der Waals surface area contributed by atoms with E-state index in [-0.39, 0.29) is 5.56 Å². The summed E-state index contributed by atoms with van der Waals surface area (Å²) >= 11 is 0. The maximum absolute atomic E-state index is 12.4. The Kier molecular flexibility index (Phi) is 2.84. The molecule has 0 atom stereocenters. The quantitative estimate of drug-likeness (QED) is 0.524. The smallest absolute Gasteiger partial charge is 0.261 e. The molecule has 1 aromatic carbocycles. The van der Waals surface area contributed by atoms with E-state index in [1.807, 2.05) is 32.9 Å². The SMILES string of the molecule is Cc1nc2c(c(=O)[nH]1)c1cc(C)c(-c3c(C)noc3C)cc1n2N. The number of fused-ring (bicyclic) bond motifs is 3. The molecule has 0 unspecified atom stereocenters.